The van der Waals surface area contributed by atoms with E-state index in [1.54, 1.807) is 24.3 Å². The van der Waals surface area contributed by atoms with E-state index in [9.17, 15) is 14.7 Å². The predicted molar refractivity (Wildman–Crippen MR) is 93.6 cm³/mol. The minimum absolute atomic E-state index is 0. The average molecular weight is 348 g/mol. The zero-order valence-corrected chi connectivity index (χ0v) is 16.6. The van der Waals surface area contributed by atoms with E-state index in [0.717, 1.165) is 12.8 Å². The Morgan fingerprint density at radius 2 is 1.44 bits per heavy atom. The first-order chi connectivity index (χ1) is 11.6. The van der Waals surface area contributed by atoms with Crippen LogP contribution in [0.15, 0.2) is 54.6 Å². The summed E-state index contributed by atoms with van der Waals surface area (Å²) in [4.78, 5) is 25.8. The van der Waals surface area contributed by atoms with Crippen molar-refractivity contribution in [3.63, 3.8) is 0 Å². The van der Waals surface area contributed by atoms with Crippen molar-refractivity contribution >= 4 is 23.2 Å². The third-order valence-electron chi connectivity index (χ3n) is 4.16. The van der Waals surface area contributed by atoms with Crippen molar-refractivity contribution in [1.29, 1.82) is 0 Å². The zero-order valence-electron chi connectivity index (χ0n) is 15.6. The number of phenolic OH excluding ortho intramolecular Hbond substituents is 1. The number of para-hydroxylation sites is 1. The molecular formula is C19H21N2NaO3. The first kappa shape index (κ1) is 19.5. The summed E-state index contributed by atoms with van der Waals surface area (Å²) in [7, 11) is 0. The van der Waals surface area contributed by atoms with E-state index in [1.165, 1.54) is 22.2 Å². The van der Waals surface area contributed by atoms with Gasteiger partial charge < -0.3 is 6.53 Å². The number of anilines is 2. The van der Waals surface area contributed by atoms with Crippen molar-refractivity contribution in [3.8, 4) is 5.75 Å². The van der Waals surface area contributed by atoms with E-state index in [2.05, 4.69) is 0 Å². The second-order valence-corrected chi connectivity index (χ2v) is 5.85. The first-order valence-electron chi connectivity index (χ1n) is 8.15. The van der Waals surface area contributed by atoms with Gasteiger partial charge in [-0.25, -0.2) is 10.0 Å². The number of rotatable bonds is 5. The Balaban J connectivity index is 0.00000169. The zero-order chi connectivity index (χ0) is 17.1. The average Bonchev–Trinajstić information content (AvgIpc) is 2.85. The molecule has 1 N–H and O–H groups in total. The van der Waals surface area contributed by atoms with E-state index in [-0.39, 0.29) is 48.5 Å². The van der Waals surface area contributed by atoms with Crippen LogP contribution in [0.25, 0.3) is 0 Å². The maximum atomic E-state index is 12.9. The Morgan fingerprint density at radius 1 is 0.920 bits per heavy atom. The molecule has 1 aliphatic rings. The molecule has 1 heterocycles. The summed E-state index contributed by atoms with van der Waals surface area (Å²) in [5.41, 5.74) is 1.22. The van der Waals surface area contributed by atoms with Crippen LogP contribution in [-0.2, 0) is 9.59 Å². The van der Waals surface area contributed by atoms with Crippen LogP contribution in [0, 0.1) is 5.92 Å². The van der Waals surface area contributed by atoms with Gasteiger partial charge >= 0.3 is 29.6 Å². The molecule has 0 aliphatic carbocycles. The molecule has 2 amide bonds. The molecule has 0 bridgehead atoms. The molecule has 2 aromatic rings. The third-order valence-corrected chi connectivity index (χ3v) is 4.16. The molecule has 0 aromatic heterocycles. The number of carbonyl (C=O) groups excluding carboxylic acids is 2. The smallest absolute Gasteiger partial charge is 1.00 e. The van der Waals surface area contributed by atoms with Crippen LogP contribution in [0.3, 0.4) is 0 Å². The minimum atomic E-state index is -0.654. The van der Waals surface area contributed by atoms with Gasteiger partial charge in [0.1, 0.15) is 11.7 Å². The van der Waals surface area contributed by atoms with Crippen molar-refractivity contribution in [2.45, 2.75) is 26.2 Å². The number of hydrogen-bond acceptors (Lipinski definition) is 3. The first-order valence-corrected chi connectivity index (χ1v) is 8.15. The Kier molecular flexibility index (Phi) is 6.64. The van der Waals surface area contributed by atoms with Crippen molar-refractivity contribution < 1.29 is 45.7 Å². The fraction of sp³-hybridized carbons (Fsp3) is 0.263. The summed E-state index contributed by atoms with van der Waals surface area (Å²) in [5, 5.41) is 12.3. The summed E-state index contributed by atoms with van der Waals surface area (Å²) in [6.07, 6.45) is 2.31. The molecule has 0 radical (unpaired) electrons. The second-order valence-electron chi connectivity index (χ2n) is 5.85. The fourth-order valence-corrected chi connectivity index (χ4v) is 2.90. The standard InChI is InChI=1S/C19H20N2O3.Na.H/c1-2-3-9-17-18(23)20(14-7-5-4-6-8-14)21(19(17)24)15-10-12-16(22)13-11-15;;/h4-8,10-13,17,22H,2-3,9H2,1H3;;/q;+1;-1/t17-;;/m1../s1. The van der Waals surface area contributed by atoms with E-state index in [1.807, 2.05) is 25.1 Å². The van der Waals surface area contributed by atoms with E-state index < -0.39 is 5.92 Å². The summed E-state index contributed by atoms with van der Waals surface area (Å²) in [6, 6.07) is 15.4. The van der Waals surface area contributed by atoms with E-state index >= 15 is 0 Å². The summed E-state index contributed by atoms with van der Waals surface area (Å²) >= 11 is 0. The molecule has 2 aromatic carbocycles. The van der Waals surface area contributed by atoms with Gasteiger partial charge in [-0.2, -0.15) is 0 Å². The molecule has 0 spiro atoms. The Morgan fingerprint density at radius 3 is 1.96 bits per heavy atom. The molecule has 6 heteroatoms. The number of nitrogens with zero attached hydrogens (tertiary/aromatic N) is 2. The quantitative estimate of drug-likeness (QED) is 0.636. The van der Waals surface area contributed by atoms with Crippen LogP contribution >= 0.6 is 0 Å². The summed E-state index contributed by atoms with van der Waals surface area (Å²) in [6.45, 7) is 2.04. The Bertz CT molecular complexity index is 740. The van der Waals surface area contributed by atoms with Gasteiger partial charge in [-0.15, -0.1) is 0 Å². The minimum Gasteiger partial charge on any atom is -1.00 e. The Hall–Kier alpha value is -1.82. The van der Waals surface area contributed by atoms with Crippen molar-refractivity contribution in [2.24, 2.45) is 5.92 Å². The second kappa shape index (κ2) is 8.52. The van der Waals surface area contributed by atoms with E-state index in [4.69, 9.17) is 0 Å². The molecule has 0 unspecified atom stereocenters. The van der Waals surface area contributed by atoms with Crippen LogP contribution < -0.4 is 39.6 Å². The van der Waals surface area contributed by atoms with Gasteiger partial charge in [-0.3, -0.25) is 9.59 Å². The molecule has 3 rings (SSSR count). The SMILES string of the molecule is CCCC[C@@H]1C(=O)N(c2ccccc2)N(c2ccc(O)cc2)C1=O.[H-].[Na+]. The van der Waals surface area contributed by atoms with Gasteiger partial charge in [0.05, 0.1) is 11.4 Å². The van der Waals surface area contributed by atoms with Crippen LogP contribution in [0.1, 0.15) is 27.6 Å². The predicted octanol–water partition coefficient (Wildman–Crippen LogP) is 0.610. The van der Waals surface area contributed by atoms with Crippen LogP contribution in [-0.4, -0.2) is 16.9 Å². The number of unbranched alkanes of at least 4 members (excludes halogenated alkanes) is 1. The van der Waals surface area contributed by atoms with Gasteiger partial charge in [-0.1, -0.05) is 38.0 Å². The monoisotopic (exact) mass is 348 g/mol. The molecule has 1 fully saturated rings. The van der Waals surface area contributed by atoms with Gasteiger partial charge in [-0.05, 0) is 42.8 Å². The molecule has 126 valence electrons. The summed E-state index contributed by atoms with van der Waals surface area (Å²) in [5.74, 6) is -0.958. The molecule has 5 nitrogen and oxygen atoms in total. The number of phenols is 1. The number of carbonyl (C=O) groups is 2. The number of hydrogen-bond donors (Lipinski definition) is 1. The Labute approximate surface area is 171 Å². The molecule has 1 aliphatic heterocycles. The molecular weight excluding hydrogens is 327 g/mol. The van der Waals surface area contributed by atoms with Gasteiger partial charge in [0.2, 0.25) is 0 Å². The van der Waals surface area contributed by atoms with Crippen LogP contribution in [0.5, 0.6) is 5.75 Å². The van der Waals surface area contributed by atoms with Crippen LogP contribution in [0.4, 0.5) is 11.4 Å². The van der Waals surface area contributed by atoms with Gasteiger partial charge in [0, 0.05) is 0 Å². The van der Waals surface area contributed by atoms with Gasteiger partial charge in [0.25, 0.3) is 11.8 Å². The van der Waals surface area contributed by atoms with E-state index in [0.29, 0.717) is 17.8 Å². The topological polar surface area (TPSA) is 60.9 Å². The van der Waals surface area contributed by atoms with Crippen LogP contribution in [0.2, 0.25) is 0 Å². The van der Waals surface area contributed by atoms with Crippen molar-refractivity contribution in [1.82, 2.24) is 0 Å². The molecule has 0 saturated carbocycles. The van der Waals surface area contributed by atoms with Gasteiger partial charge in [0.15, 0.2) is 0 Å². The third kappa shape index (κ3) is 3.89. The van der Waals surface area contributed by atoms with Crippen molar-refractivity contribution in [2.75, 3.05) is 10.0 Å². The number of hydrazine groups is 1. The maximum Gasteiger partial charge on any atom is 1.00 e. The maximum absolute atomic E-state index is 12.9. The number of benzene rings is 2. The molecule has 1 atom stereocenters. The number of amides is 2. The molecule has 1 saturated heterocycles. The normalized spacial score (nSPS) is 16.9. The largest absolute Gasteiger partial charge is 1.00 e. The summed E-state index contributed by atoms with van der Waals surface area (Å²) < 4.78 is 0. The van der Waals surface area contributed by atoms with Crippen molar-refractivity contribution in [3.05, 3.63) is 54.6 Å². The molecule has 25 heavy (non-hydrogen) atoms. The fourth-order valence-electron chi connectivity index (χ4n) is 2.90. The number of aromatic hydroxyl groups is 1.